The van der Waals surface area contributed by atoms with E-state index in [2.05, 4.69) is 0 Å². The minimum atomic E-state index is -0.573. The molecular weight excluding hydrogens is 389 g/mol. The van der Waals surface area contributed by atoms with Crippen LogP contribution in [0.15, 0.2) is 18.2 Å². The molecule has 0 radical (unpaired) electrons. The van der Waals surface area contributed by atoms with E-state index in [4.69, 9.17) is 4.74 Å². The highest BCUT2D eigenvalue weighted by Crippen LogP contribution is 2.56. The molecule has 2 saturated heterocycles. The van der Waals surface area contributed by atoms with Gasteiger partial charge in [0, 0.05) is 37.7 Å². The molecule has 1 spiro atoms. The van der Waals surface area contributed by atoms with E-state index in [0.29, 0.717) is 17.5 Å². The third kappa shape index (κ3) is 4.09. The third-order valence-corrected chi connectivity index (χ3v) is 6.78. The maximum atomic E-state index is 14.3. The first kappa shape index (κ1) is 20.9. The zero-order chi connectivity index (χ0) is 21.7. The van der Waals surface area contributed by atoms with Crippen LogP contribution in [-0.2, 0) is 4.74 Å². The lowest BCUT2D eigenvalue weighted by Gasteiger charge is -2.60. The molecule has 8 heteroatoms. The van der Waals surface area contributed by atoms with E-state index >= 15 is 0 Å². The zero-order valence-electron chi connectivity index (χ0n) is 17.9. The average molecular weight is 419 g/mol. The van der Waals surface area contributed by atoms with E-state index in [-0.39, 0.29) is 17.2 Å². The molecule has 0 atom stereocenters. The Labute approximate surface area is 176 Å². The van der Waals surface area contributed by atoms with Crippen molar-refractivity contribution >= 4 is 17.5 Å². The molecule has 0 aromatic heterocycles. The maximum absolute atomic E-state index is 14.3. The number of hydrogen-bond acceptors (Lipinski definition) is 5. The van der Waals surface area contributed by atoms with Gasteiger partial charge in [0.05, 0.1) is 16.7 Å². The van der Waals surface area contributed by atoms with Crippen molar-refractivity contribution in [2.24, 2.45) is 17.3 Å². The molecule has 2 aliphatic heterocycles. The van der Waals surface area contributed by atoms with E-state index in [1.165, 1.54) is 12.1 Å². The molecule has 1 saturated carbocycles. The van der Waals surface area contributed by atoms with E-state index < -0.39 is 16.3 Å². The first-order valence-corrected chi connectivity index (χ1v) is 10.7. The van der Waals surface area contributed by atoms with E-state index in [1.54, 1.807) is 4.90 Å². The number of nitrogens with zero attached hydrogens (tertiary/aromatic N) is 3. The second-order valence-corrected chi connectivity index (χ2v) is 10.2. The minimum Gasteiger partial charge on any atom is -0.444 e. The molecule has 0 unspecified atom stereocenters. The zero-order valence-corrected chi connectivity index (χ0v) is 17.9. The fourth-order valence-corrected chi connectivity index (χ4v) is 5.34. The number of likely N-dealkylation sites (tertiary alicyclic amines) is 1. The fourth-order valence-electron chi connectivity index (χ4n) is 5.34. The smallest absolute Gasteiger partial charge is 0.410 e. The van der Waals surface area contributed by atoms with Gasteiger partial charge in [-0.25, -0.2) is 9.18 Å². The standard InChI is InChI=1S/C22H30FN3O4/c1-21(2,3)30-20(27)25-13-22(14-25)11-16(12-22)15-6-8-24(9-7-15)19-5-4-17(26(28)29)10-18(19)23/h4-5,10,15-16H,6-9,11-14H2,1-3H3. The average Bonchev–Trinajstić information content (AvgIpc) is 2.58. The molecule has 164 valence electrons. The molecule has 0 N–H and O–H groups in total. The summed E-state index contributed by atoms with van der Waals surface area (Å²) in [7, 11) is 0. The van der Waals surface area contributed by atoms with Crippen LogP contribution in [0, 0.1) is 33.2 Å². The van der Waals surface area contributed by atoms with Crippen LogP contribution in [0.3, 0.4) is 0 Å². The van der Waals surface area contributed by atoms with Gasteiger partial charge in [-0.1, -0.05) is 0 Å². The van der Waals surface area contributed by atoms with Gasteiger partial charge in [-0.05, 0) is 64.4 Å². The highest BCUT2D eigenvalue weighted by molar-refractivity contribution is 5.69. The van der Waals surface area contributed by atoms with Crippen LogP contribution in [0.2, 0.25) is 0 Å². The van der Waals surface area contributed by atoms with Crippen molar-refractivity contribution in [1.82, 2.24) is 4.90 Å². The van der Waals surface area contributed by atoms with E-state index in [1.807, 2.05) is 25.7 Å². The summed E-state index contributed by atoms with van der Waals surface area (Å²) in [6.45, 7) is 8.79. The maximum Gasteiger partial charge on any atom is 0.410 e. The van der Waals surface area contributed by atoms with Gasteiger partial charge < -0.3 is 14.5 Å². The first-order valence-electron chi connectivity index (χ1n) is 10.7. The Bertz CT molecular complexity index is 831. The second kappa shape index (κ2) is 7.39. The van der Waals surface area contributed by atoms with Crippen molar-refractivity contribution in [3.05, 3.63) is 34.1 Å². The highest BCUT2D eigenvalue weighted by Gasteiger charge is 2.55. The molecule has 0 bridgehead atoms. The molecule has 4 rings (SSSR count). The normalized spacial score (nSPS) is 21.9. The van der Waals surface area contributed by atoms with Crippen LogP contribution < -0.4 is 4.90 Å². The fraction of sp³-hybridized carbons (Fsp3) is 0.682. The van der Waals surface area contributed by atoms with Crippen molar-refractivity contribution in [2.45, 2.75) is 52.1 Å². The van der Waals surface area contributed by atoms with Crippen molar-refractivity contribution < 1.29 is 18.8 Å². The van der Waals surface area contributed by atoms with Gasteiger partial charge in [0.25, 0.3) is 5.69 Å². The number of ether oxygens (including phenoxy) is 1. The summed E-state index contributed by atoms with van der Waals surface area (Å²) in [6.07, 6.45) is 4.11. The van der Waals surface area contributed by atoms with Crippen molar-refractivity contribution in [3.63, 3.8) is 0 Å². The number of halogens is 1. The van der Waals surface area contributed by atoms with E-state index in [9.17, 15) is 19.3 Å². The van der Waals surface area contributed by atoms with Gasteiger partial charge in [0.1, 0.15) is 5.60 Å². The number of non-ortho nitro benzene ring substituents is 1. The highest BCUT2D eigenvalue weighted by atomic mass is 19.1. The molecule has 3 aliphatic rings. The van der Waals surface area contributed by atoms with Gasteiger partial charge in [-0.15, -0.1) is 0 Å². The van der Waals surface area contributed by atoms with Crippen molar-refractivity contribution in [1.29, 1.82) is 0 Å². The Morgan fingerprint density at radius 1 is 1.20 bits per heavy atom. The lowest BCUT2D eigenvalue weighted by atomic mass is 9.54. The van der Waals surface area contributed by atoms with Crippen LogP contribution >= 0.6 is 0 Å². The van der Waals surface area contributed by atoms with Crippen LogP contribution in [0.1, 0.15) is 46.5 Å². The third-order valence-electron chi connectivity index (χ3n) is 6.78. The molecular formula is C22H30FN3O4. The number of anilines is 1. The Morgan fingerprint density at radius 2 is 1.83 bits per heavy atom. The number of nitro groups is 1. The number of benzene rings is 1. The molecule has 3 fully saturated rings. The summed E-state index contributed by atoms with van der Waals surface area (Å²) in [5.74, 6) is 0.778. The van der Waals surface area contributed by atoms with Crippen LogP contribution in [0.25, 0.3) is 0 Å². The molecule has 1 aromatic rings. The van der Waals surface area contributed by atoms with Crippen LogP contribution in [0.5, 0.6) is 0 Å². The Morgan fingerprint density at radius 3 is 2.37 bits per heavy atom. The number of carbonyl (C=O) groups excluding carboxylic acids is 1. The number of rotatable bonds is 3. The summed E-state index contributed by atoms with van der Waals surface area (Å²) in [4.78, 5) is 26.2. The largest absolute Gasteiger partial charge is 0.444 e. The molecule has 1 aromatic carbocycles. The quantitative estimate of drug-likeness (QED) is 0.529. The summed E-state index contributed by atoms with van der Waals surface area (Å²) < 4.78 is 19.7. The number of piperidine rings is 1. The topological polar surface area (TPSA) is 75.9 Å². The number of nitro benzene ring substituents is 1. The summed E-state index contributed by atoms with van der Waals surface area (Å²) in [6, 6.07) is 3.89. The van der Waals surface area contributed by atoms with Gasteiger partial charge in [-0.2, -0.15) is 0 Å². The Balaban J connectivity index is 1.23. The van der Waals surface area contributed by atoms with Crippen molar-refractivity contribution in [3.8, 4) is 0 Å². The van der Waals surface area contributed by atoms with Crippen LogP contribution in [0.4, 0.5) is 20.6 Å². The van der Waals surface area contributed by atoms with Crippen molar-refractivity contribution in [2.75, 3.05) is 31.1 Å². The molecule has 2 heterocycles. The number of amides is 1. The predicted molar refractivity (Wildman–Crippen MR) is 111 cm³/mol. The summed E-state index contributed by atoms with van der Waals surface area (Å²) in [5, 5.41) is 10.8. The molecule has 1 amide bonds. The van der Waals surface area contributed by atoms with Gasteiger partial charge in [0.15, 0.2) is 5.82 Å². The predicted octanol–water partition coefficient (Wildman–Crippen LogP) is 4.60. The van der Waals surface area contributed by atoms with Gasteiger partial charge >= 0.3 is 6.09 Å². The molecule has 30 heavy (non-hydrogen) atoms. The molecule has 7 nitrogen and oxygen atoms in total. The summed E-state index contributed by atoms with van der Waals surface area (Å²) >= 11 is 0. The van der Waals surface area contributed by atoms with E-state index in [0.717, 1.165) is 57.9 Å². The SMILES string of the molecule is CC(C)(C)OC(=O)N1CC2(CC(C3CCN(c4ccc([N+](=O)[O-])cc4F)CC3)C2)C1. The Hall–Kier alpha value is -2.38. The minimum absolute atomic E-state index is 0.213. The summed E-state index contributed by atoms with van der Waals surface area (Å²) in [5.41, 5.74) is 0.0606. The first-order chi connectivity index (χ1) is 14.1. The Kier molecular flexibility index (Phi) is 5.14. The van der Waals surface area contributed by atoms with Gasteiger partial charge in [0.2, 0.25) is 0 Å². The lowest BCUT2D eigenvalue weighted by Crippen LogP contribution is -2.65. The number of hydrogen-bond donors (Lipinski definition) is 0. The molecule has 1 aliphatic carbocycles. The van der Waals surface area contributed by atoms with Crippen LogP contribution in [-0.4, -0.2) is 47.7 Å². The second-order valence-electron chi connectivity index (χ2n) is 10.2. The lowest BCUT2D eigenvalue weighted by molar-refractivity contribution is -0.385. The monoisotopic (exact) mass is 419 g/mol. The number of carbonyl (C=O) groups is 1. The van der Waals surface area contributed by atoms with Gasteiger partial charge in [-0.3, -0.25) is 10.1 Å².